The van der Waals surface area contributed by atoms with Gasteiger partial charge in [-0.2, -0.15) is 0 Å². The van der Waals surface area contributed by atoms with Crippen molar-refractivity contribution in [2.24, 2.45) is 0 Å². The summed E-state index contributed by atoms with van der Waals surface area (Å²) in [5.74, 6) is 0. The van der Waals surface area contributed by atoms with Crippen molar-refractivity contribution in [2.75, 3.05) is 0 Å². The molecule has 88 valence electrons. The van der Waals surface area contributed by atoms with E-state index >= 15 is 0 Å². The summed E-state index contributed by atoms with van der Waals surface area (Å²) in [5, 5.41) is 3.46. The molecule has 0 bridgehead atoms. The van der Waals surface area contributed by atoms with Crippen LogP contribution in [-0.4, -0.2) is 9.97 Å². The highest BCUT2D eigenvalue weighted by molar-refractivity contribution is 5.24. The predicted octanol–water partition coefficient (Wildman–Crippen LogP) is 2.64. The second-order valence-electron chi connectivity index (χ2n) is 4.26. The van der Waals surface area contributed by atoms with Crippen LogP contribution in [0.1, 0.15) is 29.7 Å². The van der Waals surface area contributed by atoms with E-state index in [1.807, 2.05) is 12.4 Å². The minimum absolute atomic E-state index is 0.329. The van der Waals surface area contributed by atoms with Gasteiger partial charge < -0.3 is 5.32 Å². The smallest absolute Gasteiger partial charge is 0.115 e. The molecule has 0 amide bonds. The van der Waals surface area contributed by atoms with E-state index in [-0.39, 0.29) is 0 Å². The first-order valence-corrected chi connectivity index (χ1v) is 5.79. The van der Waals surface area contributed by atoms with Crippen molar-refractivity contribution < 1.29 is 0 Å². The number of hydrogen-bond donors (Lipinski definition) is 1. The fraction of sp³-hybridized carbons (Fsp3) is 0.286. The quantitative estimate of drug-likeness (QED) is 0.872. The molecule has 0 aliphatic carbocycles. The van der Waals surface area contributed by atoms with Gasteiger partial charge >= 0.3 is 0 Å². The van der Waals surface area contributed by atoms with Crippen molar-refractivity contribution in [1.29, 1.82) is 0 Å². The third kappa shape index (κ3) is 3.36. The van der Waals surface area contributed by atoms with E-state index in [1.54, 1.807) is 6.33 Å². The average Bonchev–Trinajstić information content (AvgIpc) is 2.37. The molecule has 1 atom stereocenters. The van der Waals surface area contributed by atoms with E-state index in [0.717, 1.165) is 12.1 Å². The number of benzene rings is 1. The molecule has 0 aliphatic heterocycles. The average molecular weight is 227 g/mol. The first kappa shape index (κ1) is 11.7. The highest BCUT2D eigenvalue weighted by Gasteiger charge is 2.04. The van der Waals surface area contributed by atoms with Gasteiger partial charge in [0, 0.05) is 30.5 Å². The topological polar surface area (TPSA) is 37.8 Å². The number of hydrogen-bond acceptors (Lipinski definition) is 3. The van der Waals surface area contributed by atoms with E-state index in [9.17, 15) is 0 Å². The van der Waals surface area contributed by atoms with Crippen molar-refractivity contribution in [1.82, 2.24) is 15.3 Å². The zero-order valence-electron chi connectivity index (χ0n) is 10.2. The largest absolute Gasteiger partial charge is 0.306 e. The Morgan fingerprint density at radius 1 is 1.24 bits per heavy atom. The van der Waals surface area contributed by atoms with E-state index in [1.165, 1.54) is 11.1 Å². The minimum atomic E-state index is 0.329. The molecule has 0 fully saturated rings. The van der Waals surface area contributed by atoms with Crippen LogP contribution in [0.15, 0.2) is 43.0 Å². The Hall–Kier alpha value is -1.74. The molecule has 1 aromatic heterocycles. The number of aromatic nitrogens is 2. The van der Waals surface area contributed by atoms with Crippen molar-refractivity contribution in [2.45, 2.75) is 26.4 Å². The molecule has 0 radical (unpaired) electrons. The molecule has 0 saturated heterocycles. The van der Waals surface area contributed by atoms with E-state index in [4.69, 9.17) is 0 Å². The lowest BCUT2D eigenvalue weighted by atomic mass is 10.1. The minimum Gasteiger partial charge on any atom is -0.306 e. The fourth-order valence-corrected chi connectivity index (χ4v) is 1.75. The van der Waals surface area contributed by atoms with E-state index < -0.39 is 0 Å². The van der Waals surface area contributed by atoms with Crippen LogP contribution in [0.5, 0.6) is 0 Å². The van der Waals surface area contributed by atoms with Crippen LogP contribution in [-0.2, 0) is 6.54 Å². The van der Waals surface area contributed by atoms with Crippen molar-refractivity contribution in [3.63, 3.8) is 0 Å². The van der Waals surface area contributed by atoms with Crippen LogP contribution in [0.4, 0.5) is 0 Å². The Balaban J connectivity index is 1.96. The SMILES string of the molecule is Cc1cccc([C@H](C)NCc2cncnc2)c1. The maximum atomic E-state index is 4.00. The number of rotatable bonds is 4. The van der Waals surface area contributed by atoms with Crippen LogP contribution in [0.25, 0.3) is 0 Å². The Bertz CT molecular complexity index is 468. The third-order valence-corrected chi connectivity index (χ3v) is 2.77. The molecule has 0 spiro atoms. The summed E-state index contributed by atoms with van der Waals surface area (Å²) in [6.45, 7) is 5.07. The second kappa shape index (κ2) is 5.55. The highest BCUT2D eigenvalue weighted by Crippen LogP contribution is 2.14. The van der Waals surface area contributed by atoms with Crippen LogP contribution in [0.2, 0.25) is 0 Å². The number of nitrogens with zero attached hydrogens (tertiary/aromatic N) is 2. The van der Waals surface area contributed by atoms with Crippen molar-refractivity contribution in [3.05, 3.63) is 59.7 Å². The van der Waals surface area contributed by atoms with Gasteiger partial charge in [0.05, 0.1) is 0 Å². The van der Waals surface area contributed by atoms with Gasteiger partial charge in [-0.05, 0) is 19.4 Å². The Kier molecular flexibility index (Phi) is 3.83. The fourth-order valence-electron chi connectivity index (χ4n) is 1.75. The van der Waals surface area contributed by atoms with Gasteiger partial charge in [0.1, 0.15) is 6.33 Å². The van der Waals surface area contributed by atoms with Crippen molar-refractivity contribution in [3.8, 4) is 0 Å². The molecule has 0 unspecified atom stereocenters. The molecular formula is C14H17N3. The first-order valence-electron chi connectivity index (χ1n) is 5.79. The standard InChI is InChI=1S/C14H17N3/c1-11-4-3-5-14(6-11)12(2)17-9-13-7-15-10-16-8-13/h3-8,10,12,17H,9H2,1-2H3/t12-/m0/s1. The normalized spacial score (nSPS) is 12.4. The van der Waals surface area contributed by atoms with Crippen LogP contribution >= 0.6 is 0 Å². The third-order valence-electron chi connectivity index (χ3n) is 2.77. The second-order valence-corrected chi connectivity index (χ2v) is 4.26. The molecule has 2 rings (SSSR count). The molecule has 1 N–H and O–H groups in total. The zero-order valence-corrected chi connectivity index (χ0v) is 10.2. The molecule has 1 heterocycles. The molecule has 1 aromatic carbocycles. The van der Waals surface area contributed by atoms with Gasteiger partial charge in [-0.3, -0.25) is 0 Å². The van der Waals surface area contributed by atoms with Gasteiger partial charge in [-0.25, -0.2) is 9.97 Å². The lowest BCUT2D eigenvalue weighted by Gasteiger charge is -2.14. The Labute approximate surface area is 102 Å². The van der Waals surface area contributed by atoms with Crippen LogP contribution in [0, 0.1) is 6.92 Å². The van der Waals surface area contributed by atoms with Gasteiger partial charge in [-0.1, -0.05) is 29.8 Å². The van der Waals surface area contributed by atoms with Crippen molar-refractivity contribution >= 4 is 0 Å². The summed E-state index contributed by atoms with van der Waals surface area (Å²) in [4.78, 5) is 8.00. The summed E-state index contributed by atoms with van der Waals surface area (Å²) in [6, 6.07) is 8.89. The molecule has 0 aliphatic rings. The monoisotopic (exact) mass is 227 g/mol. The Morgan fingerprint density at radius 2 is 2.00 bits per heavy atom. The molecule has 17 heavy (non-hydrogen) atoms. The molecule has 2 aromatic rings. The summed E-state index contributed by atoms with van der Waals surface area (Å²) in [6.07, 6.45) is 5.22. The highest BCUT2D eigenvalue weighted by atomic mass is 14.9. The van der Waals surface area contributed by atoms with Gasteiger partial charge in [0.2, 0.25) is 0 Å². The number of nitrogens with one attached hydrogen (secondary N) is 1. The molecule has 3 heteroatoms. The van der Waals surface area contributed by atoms with E-state index in [2.05, 4.69) is 53.4 Å². The summed E-state index contributed by atoms with van der Waals surface area (Å²) in [5.41, 5.74) is 3.70. The van der Waals surface area contributed by atoms with E-state index in [0.29, 0.717) is 6.04 Å². The maximum Gasteiger partial charge on any atom is 0.115 e. The van der Waals surface area contributed by atoms with Crippen LogP contribution in [0.3, 0.4) is 0 Å². The van der Waals surface area contributed by atoms with Crippen LogP contribution < -0.4 is 5.32 Å². The predicted molar refractivity (Wildman–Crippen MR) is 68.5 cm³/mol. The molecule has 0 saturated carbocycles. The first-order chi connectivity index (χ1) is 8.25. The zero-order chi connectivity index (χ0) is 12.1. The summed E-state index contributed by atoms with van der Waals surface area (Å²) in [7, 11) is 0. The van der Waals surface area contributed by atoms with Gasteiger partial charge in [-0.15, -0.1) is 0 Å². The van der Waals surface area contributed by atoms with Gasteiger partial charge in [0.15, 0.2) is 0 Å². The molecule has 3 nitrogen and oxygen atoms in total. The number of aryl methyl sites for hydroxylation is 1. The van der Waals surface area contributed by atoms with Gasteiger partial charge in [0.25, 0.3) is 0 Å². The summed E-state index contributed by atoms with van der Waals surface area (Å²) < 4.78 is 0. The molecular weight excluding hydrogens is 210 g/mol. The Morgan fingerprint density at radius 3 is 2.71 bits per heavy atom. The maximum absolute atomic E-state index is 4.00. The lowest BCUT2D eigenvalue weighted by molar-refractivity contribution is 0.572. The summed E-state index contributed by atoms with van der Waals surface area (Å²) >= 11 is 0. The lowest BCUT2D eigenvalue weighted by Crippen LogP contribution is -2.18.